The second kappa shape index (κ2) is 6.87. The first kappa shape index (κ1) is 14.3. The lowest BCUT2D eigenvalue weighted by atomic mass is 10.1. The topological polar surface area (TPSA) is 29.9 Å². The van der Waals surface area contributed by atoms with Crippen LogP contribution in [0.1, 0.15) is 18.2 Å². The number of likely N-dealkylation sites (N-methyl/N-ethyl adjacent to an activating group) is 1. The lowest BCUT2D eigenvalue weighted by Crippen LogP contribution is -2.33. The largest absolute Gasteiger partial charge is 0.329 e. The molecule has 2 heterocycles. The third kappa shape index (κ3) is 3.52. The number of hydrogen-bond acceptors (Lipinski definition) is 3. The van der Waals surface area contributed by atoms with Crippen molar-refractivity contribution in [3.63, 3.8) is 0 Å². The molecule has 0 saturated heterocycles. The number of aryl methyl sites for hydroxylation is 1. The van der Waals surface area contributed by atoms with Gasteiger partial charge in [0.15, 0.2) is 0 Å². The Morgan fingerprint density at radius 1 is 1.24 bits per heavy atom. The highest BCUT2D eigenvalue weighted by Gasteiger charge is 2.11. The Balaban J connectivity index is 1.69. The molecule has 21 heavy (non-hydrogen) atoms. The zero-order chi connectivity index (χ0) is 14.5. The van der Waals surface area contributed by atoms with Crippen LogP contribution >= 0.6 is 11.3 Å². The highest BCUT2D eigenvalue weighted by atomic mass is 32.1. The van der Waals surface area contributed by atoms with E-state index in [4.69, 9.17) is 0 Å². The Bertz CT molecular complexity index is 672. The Morgan fingerprint density at radius 2 is 2.14 bits per heavy atom. The number of imidazole rings is 1. The van der Waals surface area contributed by atoms with Crippen LogP contribution in [0, 0.1) is 0 Å². The molecule has 1 aromatic carbocycles. The lowest BCUT2D eigenvalue weighted by Gasteiger charge is -2.18. The van der Waals surface area contributed by atoms with E-state index < -0.39 is 0 Å². The van der Waals surface area contributed by atoms with E-state index in [0.29, 0.717) is 6.04 Å². The number of benzene rings is 1. The molecule has 1 N–H and O–H groups in total. The summed E-state index contributed by atoms with van der Waals surface area (Å²) < 4.78 is 2.26. The van der Waals surface area contributed by atoms with E-state index in [-0.39, 0.29) is 0 Å². The van der Waals surface area contributed by atoms with E-state index in [1.54, 1.807) is 0 Å². The Labute approximate surface area is 129 Å². The van der Waals surface area contributed by atoms with E-state index in [1.165, 1.54) is 10.4 Å². The second-order valence-corrected chi connectivity index (χ2v) is 6.29. The van der Waals surface area contributed by atoms with Gasteiger partial charge >= 0.3 is 0 Å². The summed E-state index contributed by atoms with van der Waals surface area (Å²) in [4.78, 5) is 5.95. The van der Waals surface area contributed by atoms with Crippen LogP contribution in [0.3, 0.4) is 0 Å². The molecule has 2 aromatic heterocycles. The molecule has 3 aromatic rings. The normalized spacial score (nSPS) is 12.8. The molecule has 0 aliphatic rings. The molecule has 0 radical (unpaired) electrons. The fourth-order valence-corrected chi connectivity index (χ4v) is 3.44. The van der Waals surface area contributed by atoms with Crippen molar-refractivity contribution in [2.45, 2.75) is 32.4 Å². The zero-order valence-corrected chi connectivity index (χ0v) is 13.1. The molecule has 4 heteroatoms. The van der Waals surface area contributed by atoms with Crippen molar-refractivity contribution in [1.82, 2.24) is 14.9 Å². The van der Waals surface area contributed by atoms with Gasteiger partial charge in [0.25, 0.3) is 0 Å². The summed E-state index contributed by atoms with van der Waals surface area (Å²) >= 11 is 1.85. The molecule has 3 nitrogen and oxygen atoms in total. The number of nitrogens with zero attached hydrogens (tertiary/aromatic N) is 2. The van der Waals surface area contributed by atoms with Crippen LogP contribution in [0.15, 0.2) is 48.1 Å². The molecular weight excluding hydrogens is 278 g/mol. The maximum absolute atomic E-state index is 4.48. The van der Waals surface area contributed by atoms with Gasteiger partial charge in [0.1, 0.15) is 0 Å². The van der Waals surface area contributed by atoms with Crippen molar-refractivity contribution in [3.8, 4) is 0 Å². The first-order chi connectivity index (χ1) is 10.4. The minimum Gasteiger partial charge on any atom is -0.329 e. The van der Waals surface area contributed by atoms with Gasteiger partial charge in [-0.1, -0.05) is 25.1 Å². The van der Waals surface area contributed by atoms with Crippen molar-refractivity contribution in [2.24, 2.45) is 0 Å². The first-order valence-corrected chi connectivity index (χ1v) is 8.40. The Morgan fingerprint density at radius 3 is 2.95 bits per heavy atom. The second-order valence-electron chi connectivity index (χ2n) is 5.26. The van der Waals surface area contributed by atoms with Crippen LogP contribution in [0.25, 0.3) is 11.0 Å². The predicted octanol–water partition coefficient (Wildman–Crippen LogP) is 3.71. The fraction of sp³-hybridized carbons (Fsp3) is 0.353. The van der Waals surface area contributed by atoms with Crippen LogP contribution in [-0.2, 0) is 13.0 Å². The van der Waals surface area contributed by atoms with Gasteiger partial charge in [-0.05, 0) is 43.0 Å². The van der Waals surface area contributed by atoms with Gasteiger partial charge in [0.05, 0.1) is 17.4 Å². The smallest absolute Gasteiger partial charge is 0.0958 e. The van der Waals surface area contributed by atoms with Crippen molar-refractivity contribution >= 4 is 22.4 Å². The highest BCUT2D eigenvalue weighted by Crippen LogP contribution is 2.15. The summed E-state index contributed by atoms with van der Waals surface area (Å²) in [6.07, 6.45) is 4.25. The van der Waals surface area contributed by atoms with Gasteiger partial charge in [-0.15, -0.1) is 11.3 Å². The molecule has 3 rings (SSSR count). The number of para-hydroxylation sites is 2. The van der Waals surface area contributed by atoms with E-state index in [0.717, 1.165) is 31.4 Å². The van der Waals surface area contributed by atoms with Gasteiger partial charge in [-0.2, -0.15) is 0 Å². The summed E-state index contributed by atoms with van der Waals surface area (Å²) in [5.41, 5.74) is 2.29. The summed E-state index contributed by atoms with van der Waals surface area (Å²) in [5, 5.41) is 5.76. The molecule has 0 bridgehead atoms. The van der Waals surface area contributed by atoms with Gasteiger partial charge in [0.2, 0.25) is 0 Å². The van der Waals surface area contributed by atoms with E-state index in [9.17, 15) is 0 Å². The van der Waals surface area contributed by atoms with Crippen LogP contribution in [0.2, 0.25) is 0 Å². The van der Waals surface area contributed by atoms with E-state index >= 15 is 0 Å². The molecule has 1 atom stereocenters. The lowest BCUT2D eigenvalue weighted by molar-refractivity contribution is 0.438. The van der Waals surface area contributed by atoms with E-state index in [1.807, 2.05) is 23.7 Å². The van der Waals surface area contributed by atoms with Crippen molar-refractivity contribution in [3.05, 3.63) is 53.0 Å². The standard InChI is InChI=1S/C17H21N3S/c1-2-18-14(9-10-15-6-5-11-21-15)12-20-13-19-16-7-3-4-8-17(16)20/h3-8,11,13-14,18H,2,9-10,12H2,1H3. The number of fused-ring (bicyclic) bond motifs is 1. The van der Waals surface area contributed by atoms with Gasteiger partial charge in [-0.3, -0.25) is 0 Å². The summed E-state index contributed by atoms with van der Waals surface area (Å²) in [5.74, 6) is 0. The Hall–Kier alpha value is -1.65. The van der Waals surface area contributed by atoms with E-state index in [2.05, 4.69) is 57.5 Å². The maximum Gasteiger partial charge on any atom is 0.0958 e. The molecule has 0 aliphatic heterocycles. The van der Waals surface area contributed by atoms with Gasteiger partial charge < -0.3 is 9.88 Å². The summed E-state index contributed by atoms with van der Waals surface area (Å²) in [6.45, 7) is 4.14. The van der Waals surface area contributed by atoms with Crippen LogP contribution in [0.4, 0.5) is 0 Å². The predicted molar refractivity (Wildman–Crippen MR) is 89.8 cm³/mol. The molecule has 110 valence electrons. The minimum absolute atomic E-state index is 0.481. The van der Waals surface area contributed by atoms with Crippen molar-refractivity contribution in [1.29, 1.82) is 0 Å². The van der Waals surface area contributed by atoms with Crippen molar-refractivity contribution in [2.75, 3.05) is 6.54 Å². The van der Waals surface area contributed by atoms with Gasteiger partial charge in [-0.25, -0.2) is 4.98 Å². The third-order valence-corrected chi connectivity index (χ3v) is 4.69. The SMILES string of the molecule is CCNC(CCc1cccs1)Cn1cnc2ccccc21. The number of aromatic nitrogens is 2. The fourth-order valence-electron chi connectivity index (χ4n) is 2.71. The molecule has 0 saturated carbocycles. The Kier molecular flexibility index (Phi) is 4.68. The monoisotopic (exact) mass is 299 g/mol. The highest BCUT2D eigenvalue weighted by molar-refractivity contribution is 7.09. The maximum atomic E-state index is 4.48. The zero-order valence-electron chi connectivity index (χ0n) is 12.3. The third-order valence-electron chi connectivity index (χ3n) is 3.76. The molecule has 0 aliphatic carbocycles. The molecule has 1 unspecified atom stereocenters. The summed E-state index contributed by atoms with van der Waals surface area (Å²) in [7, 11) is 0. The van der Waals surface area contributed by atoms with Crippen LogP contribution in [-0.4, -0.2) is 22.1 Å². The number of hydrogen-bond donors (Lipinski definition) is 1. The van der Waals surface area contributed by atoms with Crippen LogP contribution in [0.5, 0.6) is 0 Å². The average Bonchev–Trinajstić information content (AvgIpc) is 3.15. The molecule has 0 fully saturated rings. The summed E-state index contributed by atoms with van der Waals surface area (Å²) in [6, 6.07) is 13.2. The minimum atomic E-state index is 0.481. The quantitative estimate of drug-likeness (QED) is 0.721. The molecule has 0 amide bonds. The molecule has 0 spiro atoms. The average molecular weight is 299 g/mol. The van der Waals surface area contributed by atoms with Crippen molar-refractivity contribution < 1.29 is 0 Å². The number of rotatable bonds is 7. The van der Waals surface area contributed by atoms with Gasteiger partial charge in [0, 0.05) is 17.5 Å². The number of nitrogens with one attached hydrogen (secondary N) is 1. The van der Waals surface area contributed by atoms with Crippen LogP contribution < -0.4 is 5.32 Å². The first-order valence-electron chi connectivity index (χ1n) is 7.52. The number of thiophene rings is 1. The molecular formula is C17H21N3S.